The van der Waals surface area contributed by atoms with E-state index in [0.29, 0.717) is 28.7 Å². The molecule has 6 nitrogen and oxygen atoms in total. The normalized spacial score (nSPS) is 30.1. The molecule has 3 aromatic heterocycles. The van der Waals surface area contributed by atoms with E-state index in [1.54, 1.807) is 0 Å². The molecule has 0 saturated heterocycles. The van der Waals surface area contributed by atoms with E-state index in [1.807, 2.05) is 12.4 Å². The van der Waals surface area contributed by atoms with Gasteiger partial charge in [0.2, 0.25) is 0 Å². The molecule has 47 heavy (non-hydrogen) atoms. The van der Waals surface area contributed by atoms with Crippen LogP contribution in [0.15, 0.2) is 78.6 Å². The number of nitrogens with zero attached hydrogens (tertiary/aromatic N) is 5. The van der Waals surface area contributed by atoms with Crippen LogP contribution in [0.3, 0.4) is 0 Å². The van der Waals surface area contributed by atoms with Crippen LogP contribution in [0.5, 0.6) is 0 Å². The van der Waals surface area contributed by atoms with Crippen molar-refractivity contribution in [3.8, 4) is 11.4 Å². The van der Waals surface area contributed by atoms with Crippen LogP contribution in [-0.2, 0) is 26.5 Å². The van der Waals surface area contributed by atoms with Gasteiger partial charge < -0.3 is 21.0 Å². The summed E-state index contributed by atoms with van der Waals surface area (Å²) in [5, 5.41) is 14.1. The Hall–Kier alpha value is -3.34. The topological polar surface area (TPSA) is 78.9 Å². The smallest absolute Gasteiger partial charge is 0.620 e. The number of nitrogens with one attached hydrogen (secondary N) is 1. The molecule has 4 bridgehead atoms. The van der Waals surface area contributed by atoms with Gasteiger partial charge in [0.05, 0.1) is 11.4 Å². The van der Waals surface area contributed by atoms with Crippen LogP contribution in [0, 0.1) is 22.2 Å². The van der Waals surface area contributed by atoms with Crippen molar-refractivity contribution in [2.45, 2.75) is 84.6 Å². The Labute approximate surface area is 291 Å². The van der Waals surface area contributed by atoms with Crippen molar-refractivity contribution in [1.29, 1.82) is 0 Å². The molecule has 0 spiro atoms. The molecule has 242 valence electrons. The number of hydrogen-bond donors (Lipinski definition) is 1. The van der Waals surface area contributed by atoms with Crippen LogP contribution >= 0.6 is 0 Å². The zero-order valence-corrected chi connectivity index (χ0v) is 30.3. The van der Waals surface area contributed by atoms with Crippen molar-refractivity contribution in [1.82, 2.24) is 25.6 Å². The number of benzene rings is 2. The first-order valence-electron chi connectivity index (χ1n) is 17.0. The van der Waals surface area contributed by atoms with E-state index in [4.69, 9.17) is 10.4 Å². The molecule has 1 N–H and O–H groups in total. The summed E-state index contributed by atoms with van der Waals surface area (Å²) in [5.74, 6) is 1.17. The molecule has 5 aromatic rings. The van der Waals surface area contributed by atoms with Crippen LogP contribution in [0.2, 0.25) is 0 Å². The summed E-state index contributed by atoms with van der Waals surface area (Å²) in [6, 6.07) is 21.4. The van der Waals surface area contributed by atoms with E-state index in [1.165, 1.54) is 64.1 Å². The van der Waals surface area contributed by atoms with E-state index in [0.717, 1.165) is 22.8 Å². The quantitative estimate of drug-likeness (QED) is 0.193. The van der Waals surface area contributed by atoms with E-state index in [-0.39, 0.29) is 31.9 Å². The number of hydrogen-bond acceptors (Lipinski definition) is 4. The third kappa shape index (κ3) is 3.89. The predicted molar refractivity (Wildman–Crippen MR) is 185 cm³/mol. The maximum absolute atomic E-state index is 4.76. The summed E-state index contributed by atoms with van der Waals surface area (Å²) in [6.07, 6.45) is 8.83. The van der Waals surface area contributed by atoms with Crippen LogP contribution < -0.4 is 10.5 Å². The van der Waals surface area contributed by atoms with Crippen molar-refractivity contribution in [3.63, 3.8) is 0 Å². The molecule has 5 atom stereocenters. The molecule has 2 aromatic carbocycles. The Morgan fingerprint density at radius 3 is 2.04 bits per heavy atom. The van der Waals surface area contributed by atoms with Gasteiger partial charge in [-0.3, -0.25) is 9.97 Å². The third-order valence-electron chi connectivity index (χ3n) is 13.9. The van der Waals surface area contributed by atoms with Gasteiger partial charge in [-0.05, 0) is 82.2 Å². The molecule has 4 aliphatic carbocycles. The largest absolute Gasteiger partial charge is 2.00 e. The second-order valence-corrected chi connectivity index (χ2v) is 15.9. The van der Waals surface area contributed by atoms with Gasteiger partial charge in [0, 0.05) is 40.3 Å². The average Bonchev–Trinajstić information content (AvgIpc) is 3.85. The Morgan fingerprint density at radius 1 is 0.723 bits per heavy atom. The Bertz CT molecular complexity index is 2080. The molecule has 0 radical (unpaired) electrons. The van der Waals surface area contributed by atoms with Gasteiger partial charge in [-0.1, -0.05) is 101 Å². The van der Waals surface area contributed by atoms with Gasteiger partial charge in [-0.25, -0.2) is 0 Å². The fourth-order valence-corrected chi connectivity index (χ4v) is 10.3. The number of rotatable bonds is 2. The van der Waals surface area contributed by atoms with Gasteiger partial charge in [-0.15, -0.1) is 5.70 Å². The SMILES string of the molecule is CC1(C)C2CCC1(C)C1N[N-]C(c3nccc4ccccc34)=C21.CC12CCC(c3c1n[n-]c3-c1nccc3ccccc13)C2(C)C.[Pt+2]. The maximum Gasteiger partial charge on any atom is 2.00 e. The van der Waals surface area contributed by atoms with Gasteiger partial charge in [-0.2, -0.15) is 0 Å². The van der Waals surface area contributed by atoms with Crippen molar-refractivity contribution in [2.24, 2.45) is 22.2 Å². The maximum atomic E-state index is 4.76. The van der Waals surface area contributed by atoms with Crippen molar-refractivity contribution < 1.29 is 21.1 Å². The minimum atomic E-state index is 0. The zero-order chi connectivity index (χ0) is 31.6. The molecular weight excluding hydrogens is 760 g/mol. The zero-order valence-electron chi connectivity index (χ0n) is 28.0. The molecule has 1 aliphatic heterocycles. The molecule has 3 saturated carbocycles. The van der Waals surface area contributed by atoms with Crippen molar-refractivity contribution in [2.75, 3.05) is 0 Å². The Kier molecular flexibility index (Phi) is 6.80. The van der Waals surface area contributed by atoms with Crippen LogP contribution in [-0.4, -0.2) is 21.1 Å². The molecular formula is C40H42N6Pt. The second kappa shape index (κ2) is 10.3. The van der Waals surface area contributed by atoms with Gasteiger partial charge in [0.25, 0.3) is 0 Å². The molecule has 0 amide bonds. The first-order chi connectivity index (χ1) is 22.1. The monoisotopic (exact) mass is 801 g/mol. The summed E-state index contributed by atoms with van der Waals surface area (Å²) < 4.78 is 0. The summed E-state index contributed by atoms with van der Waals surface area (Å²) in [5.41, 5.74) is 17.5. The van der Waals surface area contributed by atoms with Gasteiger partial charge in [0.15, 0.2) is 0 Å². The van der Waals surface area contributed by atoms with Crippen molar-refractivity contribution in [3.05, 3.63) is 101 Å². The predicted octanol–water partition coefficient (Wildman–Crippen LogP) is 9.09. The number of aromatic nitrogens is 4. The minimum Gasteiger partial charge on any atom is -0.620 e. The first kappa shape index (κ1) is 31.0. The van der Waals surface area contributed by atoms with Gasteiger partial charge in [0.1, 0.15) is 0 Å². The molecule has 5 unspecified atom stereocenters. The fourth-order valence-electron chi connectivity index (χ4n) is 10.3. The summed E-state index contributed by atoms with van der Waals surface area (Å²) >= 11 is 0. The molecule has 7 heteroatoms. The second-order valence-electron chi connectivity index (χ2n) is 15.9. The number of fused-ring (bicyclic) bond motifs is 12. The Balaban J connectivity index is 0.000000135. The Morgan fingerprint density at radius 2 is 1.34 bits per heavy atom. The van der Waals surface area contributed by atoms with E-state index in [2.05, 4.69) is 123 Å². The third-order valence-corrected chi connectivity index (χ3v) is 13.9. The molecule has 10 rings (SSSR count). The molecule has 3 fully saturated rings. The molecule has 5 aliphatic rings. The van der Waals surface area contributed by atoms with Crippen LogP contribution in [0.4, 0.5) is 0 Å². The average molecular weight is 802 g/mol. The van der Waals surface area contributed by atoms with E-state index in [9.17, 15) is 0 Å². The fraction of sp³-hybridized carbons (Fsp3) is 0.425. The van der Waals surface area contributed by atoms with E-state index < -0.39 is 0 Å². The standard InChI is InChI=1S/C20H22N3.C20H20N3.Pt/c2*1-19(2)14-8-10-20(19,3)18-15(14)17(22-23-18)16-13-7-5-4-6-12(13)9-11-21-16;/h4-7,9,11,14,18,23H,8,10H2,1-3H3;4-7,9,11,14H,8,10H2,1-3H3;/q2*-1;+2. The molecule has 4 heterocycles. The van der Waals surface area contributed by atoms with Crippen LogP contribution in [0.1, 0.15) is 90.1 Å². The van der Waals surface area contributed by atoms with Crippen molar-refractivity contribution >= 4 is 27.2 Å². The number of pyridine rings is 2. The van der Waals surface area contributed by atoms with Gasteiger partial charge >= 0.3 is 21.1 Å². The van der Waals surface area contributed by atoms with E-state index >= 15 is 0 Å². The van der Waals surface area contributed by atoms with Crippen LogP contribution in [0.25, 0.3) is 44.1 Å². The summed E-state index contributed by atoms with van der Waals surface area (Å²) in [6.45, 7) is 14.5. The summed E-state index contributed by atoms with van der Waals surface area (Å²) in [7, 11) is 0. The first-order valence-corrected chi connectivity index (χ1v) is 17.0. The summed E-state index contributed by atoms with van der Waals surface area (Å²) in [4.78, 5) is 9.39. The minimum absolute atomic E-state index is 0.